The second-order valence-electron chi connectivity index (χ2n) is 5.85. The summed E-state index contributed by atoms with van der Waals surface area (Å²) >= 11 is 0. The molecule has 2 aliphatic heterocycles. The summed E-state index contributed by atoms with van der Waals surface area (Å²) in [7, 11) is 0. The quantitative estimate of drug-likeness (QED) is 0.810. The lowest BCUT2D eigenvalue weighted by molar-refractivity contribution is -0.131. The molecule has 0 radical (unpaired) electrons. The fourth-order valence-corrected chi connectivity index (χ4v) is 3.05. The van der Waals surface area contributed by atoms with Crippen molar-refractivity contribution in [2.24, 2.45) is 0 Å². The normalized spacial score (nSPS) is 20.5. The van der Waals surface area contributed by atoms with E-state index < -0.39 is 6.09 Å². The van der Waals surface area contributed by atoms with Crippen molar-refractivity contribution in [2.45, 2.75) is 25.8 Å². The molecule has 0 spiro atoms. The lowest BCUT2D eigenvalue weighted by atomic mass is 10.1. The van der Waals surface area contributed by atoms with Crippen LogP contribution in [-0.4, -0.2) is 60.1 Å². The van der Waals surface area contributed by atoms with Crippen LogP contribution in [0.25, 0.3) is 0 Å². The first-order valence-electron chi connectivity index (χ1n) is 8.07. The summed E-state index contributed by atoms with van der Waals surface area (Å²) in [4.78, 5) is 38.5. The van der Waals surface area contributed by atoms with Crippen molar-refractivity contribution in [3.05, 3.63) is 29.8 Å². The van der Waals surface area contributed by atoms with Crippen LogP contribution in [0.2, 0.25) is 0 Å². The Morgan fingerprint density at radius 3 is 2.67 bits per heavy atom. The van der Waals surface area contributed by atoms with Crippen molar-refractivity contribution in [2.75, 3.05) is 26.3 Å². The molecular weight excluding hydrogens is 312 g/mol. The molecular formula is C17H20N2O5. The zero-order chi connectivity index (χ0) is 17.1. The molecule has 2 saturated heterocycles. The summed E-state index contributed by atoms with van der Waals surface area (Å²) < 4.78 is 10.1. The van der Waals surface area contributed by atoms with Crippen LogP contribution in [0.15, 0.2) is 24.3 Å². The standard InChI is InChI=1S/C17H20N2O5/c1-2-23-14-5-3-12(4-6-14)9-15(20)18-8-7-13(10-18)19-16(21)11-24-17(19)22/h3-6,13H,2,7-11H2,1H3. The van der Waals surface area contributed by atoms with Gasteiger partial charge in [0.25, 0.3) is 5.91 Å². The van der Waals surface area contributed by atoms with Gasteiger partial charge in [0.1, 0.15) is 5.75 Å². The molecule has 0 N–H and O–H groups in total. The van der Waals surface area contributed by atoms with Gasteiger partial charge in [-0.15, -0.1) is 0 Å². The van der Waals surface area contributed by atoms with E-state index in [9.17, 15) is 14.4 Å². The fraction of sp³-hybridized carbons (Fsp3) is 0.471. The van der Waals surface area contributed by atoms with Gasteiger partial charge in [-0.05, 0) is 31.0 Å². The molecule has 24 heavy (non-hydrogen) atoms. The second kappa shape index (κ2) is 6.90. The minimum absolute atomic E-state index is 0.0123. The van der Waals surface area contributed by atoms with Gasteiger partial charge in [0.15, 0.2) is 6.61 Å². The zero-order valence-corrected chi connectivity index (χ0v) is 13.6. The predicted octanol–water partition coefficient (Wildman–Crippen LogP) is 1.21. The van der Waals surface area contributed by atoms with E-state index in [1.165, 1.54) is 0 Å². The average molecular weight is 332 g/mol. The molecule has 3 amide bonds. The van der Waals surface area contributed by atoms with Gasteiger partial charge in [-0.25, -0.2) is 9.69 Å². The van der Waals surface area contributed by atoms with E-state index in [4.69, 9.17) is 9.47 Å². The Morgan fingerprint density at radius 1 is 1.29 bits per heavy atom. The van der Waals surface area contributed by atoms with Crippen LogP contribution in [0.1, 0.15) is 18.9 Å². The molecule has 7 heteroatoms. The summed E-state index contributed by atoms with van der Waals surface area (Å²) in [5, 5.41) is 0. The number of benzene rings is 1. The van der Waals surface area contributed by atoms with Crippen LogP contribution in [0.5, 0.6) is 5.75 Å². The van der Waals surface area contributed by atoms with E-state index in [1.54, 1.807) is 4.90 Å². The van der Waals surface area contributed by atoms with Crippen LogP contribution in [0.3, 0.4) is 0 Å². The molecule has 7 nitrogen and oxygen atoms in total. The molecule has 0 aromatic heterocycles. The summed E-state index contributed by atoms with van der Waals surface area (Å²) in [6.07, 6.45) is 0.277. The van der Waals surface area contributed by atoms with Gasteiger partial charge in [-0.3, -0.25) is 9.59 Å². The van der Waals surface area contributed by atoms with Crippen molar-refractivity contribution in [1.82, 2.24) is 9.80 Å². The van der Waals surface area contributed by atoms with Crippen LogP contribution in [0.4, 0.5) is 4.79 Å². The average Bonchev–Trinajstić information content (AvgIpc) is 3.16. The Bertz CT molecular complexity index is 627. The van der Waals surface area contributed by atoms with Gasteiger partial charge in [0.2, 0.25) is 5.91 Å². The van der Waals surface area contributed by atoms with Crippen molar-refractivity contribution >= 4 is 17.9 Å². The SMILES string of the molecule is CCOc1ccc(CC(=O)N2CCC(N3C(=O)COC3=O)C2)cc1. The molecule has 0 aliphatic carbocycles. The lowest BCUT2D eigenvalue weighted by Gasteiger charge is -2.20. The third-order valence-corrected chi connectivity index (χ3v) is 4.26. The van der Waals surface area contributed by atoms with Crippen LogP contribution < -0.4 is 4.74 Å². The van der Waals surface area contributed by atoms with E-state index in [2.05, 4.69) is 0 Å². The minimum atomic E-state index is -0.606. The maximum absolute atomic E-state index is 12.4. The predicted molar refractivity (Wildman–Crippen MR) is 84.5 cm³/mol. The van der Waals surface area contributed by atoms with Crippen LogP contribution in [-0.2, 0) is 20.7 Å². The fourth-order valence-electron chi connectivity index (χ4n) is 3.05. The van der Waals surface area contributed by atoms with Crippen molar-refractivity contribution < 1.29 is 23.9 Å². The second-order valence-corrected chi connectivity index (χ2v) is 5.85. The molecule has 1 aromatic rings. The smallest absolute Gasteiger partial charge is 0.417 e. The number of hydrogen-bond donors (Lipinski definition) is 0. The van der Waals surface area contributed by atoms with E-state index in [0.717, 1.165) is 16.2 Å². The molecule has 3 rings (SSSR count). The summed E-state index contributed by atoms with van der Waals surface area (Å²) in [5.41, 5.74) is 0.906. The monoisotopic (exact) mass is 332 g/mol. The first-order valence-corrected chi connectivity index (χ1v) is 8.07. The Hall–Kier alpha value is -2.57. The van der Waals surface area contributed by atoms with Crippen molar-refractivity contribution in [1.29, 1.82) is 0 Å². The number of hydrogen-bond acceptors (Lipinski definition) is 5. The molecule has 0 bridgehead atoms. The Balaban J connectivity index is 1.56. The number of carbonyl (C=O) groups excluding carboxylic acids is 3. The van der Waals surface area contributed by atoms with E-state index >= 15 is 0 Å². The highest BCUT2D eigenvalue weighted by Gasteiger charge is 2.41. The molecule has 1 aromatic carbocycles. The lowest BCUT2D eigenvalue weighted by Crippen LogP contribution is -2.42. The summed E-state index contributed by atoms with van der Waals surface area (Å²) in [5.74, 6) is 0.438. The highest BCUT2D eigenvalue weighted by molar-refractivity contribution is 5.98. The molecule has 2 aliphatic rings. The van der Waals surface area contributed by atoms with E-state index in [-0.39, 0.29) is 30.9 Å². The first-order chi connectivity index (χ1) is 11.6. The Labute approximate surface area is 140 Å². The molecule has 2 heterocycles. The Morgan fingerprint density at radius 2 is 2.04 bits per heavy atom. The van der Waals surface area contributed by atoms with Gasteiger partial charge >= 0.3 is 6.09 Å². The largest absolute Gasteiger partial charge is 0.494 e. The number of likely N-dealkylation sites (tertiary alicyclic amines) is 1. The number of amides is 3. The van der Waals surface area contributed by atoms with E-state index in [1.807, 2.05) is 31.2 Å². The first kappa shape index (κ1) is 16.3. The third-order valence-electron chi connectivity index (χ3n) is 4.26. The number of carbonyl (C=O) groups is 3. The number of imide groups is 1. The van der Waals surface area contributed by atoms with Gasteiger partial charge in [0, 0.05) is 13.1 Å². The van der Waals surface area contributed by atoms with E-state index in [0.29, 0.717) is 26.1 Å². The van der Waals surface area contributed by atoms with Gasteiger partial charge in [-0.1, -0.05) is 12.1 Å². The molecule has 0 saturated carbocycles. The molecule has 1 atom stereocenters. The molecule has 1 unspecified atom stereocenters. The van der Waals surface area contributed by atoms with Crippen LogP contribution >= 0.6 is 0 Å². The van der Waals surface area contributed by atoms with Gasteiger partial charge in [-0.2, -0.15) is 0 Å². The van der Waals surface area contributed by atoms with Crippen molar-refractivity contribution in [3.8, 4) is 5.75 Å². The molecule has 128 valence electrons. The number of cyclic esters (lactones) is 1. The zero-order valence-electron chi connectivity index (χ0n) is 13.6. The number of rotatable bonds is 5. The number of ether oxygens (including phenoxy) is 2. The maximum atomic E-state index is 12.4. The minimum Gasteiger partial charge on any atom is -0.494 e. The molecule has 2 fully saturated rings. The summed E-state index contributed by atoms with van der Waals surface area (Å²) in [6.45, 7) is 3.23. The summed E-state index contributed by atoms with van der Waals surface area (Å²) in [6, 6.07) is 7.15. The van der Waals surface area contributed by atoms with Crippen molar-refractivity contribution in [3.63, 3.8) is 0 Å². The highest BCUT2D eigenvalue weighted by atomic mass is 16.6. The Kier molecular flexibility index (Phi) is 4.69. The topological polar surface area (TPSA) is 76.2 Å². The maximum Gasteiger partial charge on any atom is 0.417 e. The number of nitrogens with zero attached hydrogens (tertiary/aromatic N) is 2. The van der Waals surface area contributed by atoms with Crippen LogP contribution in [0, 0.1) is 0 Å². The third kappa shape index (κ3) is 3.34. The van der Waals surface area contributed by atoms with Gasteiger partial charge in [0.05, 0.1) is 19.1 Å². The highest BCUT2D eigenvalue weighted by Crippen LogP contribution is 2.21. The van der Waals surface area contributed by atoms with Gasteiger partial charge < -0.3 is 14.4 Å².